The molecule has 0 radical (unpaired) electrons. The van der Waals surface area contributed by atoms with Crippen molar-refractivity contribution in [3.8, 4) is 11.5 Å². The fraction of sp³-hybridized carbons (Fsp3) is 0.222. The van der Waals surface area contributed by atoms with Crippen molar-refractivity contribution < 1.29 is 18.8 Å². The highest BCUT2D eigenvalue weighted by Gasteiger charge is 2.24. The van der Waals surface area contributed by atoms with E-state index in [1.54, 1.807) is 18.2 Å². The van der Waals surface area contributed by atoms with E-state index >= 15 is 0 Å². The molecule has 0 unspecified atom stereocenters. The first kappa shape index (κ1) is 26.9. The second kappa shape index (κ2) is 10.7. The highest BCUT2D eigenvalue weighted by molar-refractivity contribution is 9.10. The van der Waals surface area contributed by atoms with Gasteiger partial charge in [0.25, 0.3) is 5.56 Å². The minimum absolute atomic E-state index is 0.0342. The molecule has 0 saturated heterocycles. The van der Waals surface area contributed by atoms with Crippen LogP contribution in [0.5, 0.6) is 11.5 Å². The summed E-state index contributed by atoms with van der Waals surface area (Å²) in [7, 11) is 1.36. The van der Waals surface area contributed by atoms with Crippen LogP contribution in [-0.2, 0) is 12.0 Å². The maximum absolute atomic E-state index is 13.4. The van der Waals surface area contributed by atoms with E-state index in [1.165, 1.54) is 54.4 Å². The smallest absolute Gasteiger partial charge is 0.315 e. The summed E-state index contributed by atoms with van der Waals surface area (Å²) in [5.74, 6) is 0.0497. The van der Waals surface area contributed by atoms with Gasteiger partial charge in [0.15, 0.2) is 5.75 Å². The molecule has 1 heterocycles. The summed E-state index contributed by atoms with van der Waals surface area (Å²) in [6.45, 7) is 5.69. The standard InChI is InChI=1S/C27H24BrFN4O5/c1-27(2,3)26-31-21-10-7-18(28)13-20(21)25(34)32(26)30-14-17-11-22(33(35)36)24(23(12-17)37-4)38-15-16-5-8-19(29)9-6-16/h5-14H,15H2,1-4H3. The van der Waals surface area contributed by atoms with Crippen LogP contribution < -0.4 is 15.0 Å². The third-order valence-corrected chi connectivity index (χ3v) is 6.07. The van der Waals surface area contributed by atoms with Crippen LogP contribution in [0.25, 0.3) is 10.9 Å². The molecule has 0 spiro atoms. The molecule has 9 nitrogen and oxygen atoms in total. The van der Waals surface area contributed by atoms with Crippen molar-refractivity contribution in [2.45, 2.75) is 32.8 Å². The van der Waals surface area contributed by atoms with Crippen LogP contribution in [0, 0.1) is 15.9 Å². The lowest BCUT2D eigenvalue weighted by Gasteiger charge is -2.20. The second-order valence-electron chi connectivity index (χ2n) is 9.45. The highest BCUT2D eigenvalue weighted by atomic mass is 79.9. The number of rotatable bonds is 7. The maximum Gasteiger partial charge on any atom is 0.315 e. The van der Waals surface area contributed by atoms with E-state index in [0.29, 0.717) is 27.9 Å². The Labute approximate surface area is 225 Å². The molecule has 0 bridgehead atoms. The predicted molar refractivity (Wildman–Crippen MR) is 146 cm³/mol. The maximum atomic E-state index is 13.4. The number of fused-ring (bicyclic) bond motifs is 1. The zero-order chi connectivity index (χ0) is 27.6. The Morgan fingerprint density at radius 3 is 2.50 bits per heavy atom. The van der Waals surface area contributed by atoms with Crippen molar-refractivity contribution in [1.82, 2.24) is 9.66 Å². The fourth-order valence-electron chi connectivity index (χ4n) is 3.72. The molecule has 0 N–H and O–H groups in total. The lowest BCUT2D eigenvalue weighted by molar-refractivity contribution is -0.386. The van der Waals surface area contributed by atoms with Gasteiger partial charge in [0.1, 0.15) is 18.2 Å². The third-order valence-electron chi connectivity index (χ3n) is 5.57. The number of nitro benzene ring substituents is 1. The van der Waals surface area contributed by atoms with E-state index in [2.05, 4.69) is 26.0 Å². The van der Waals surface area contributed by atoms with Crippen molar-refractivity contribution >= 4 is 38.7 Å². The van der Waals surface area contributed by atoms with Gasteiger partial charge < -0.3 is 9.47 Å². The first-order valence-corrected chi connectivity index (χ1v) is 12.3. The number of ether oxygens (including phenoxy) is 2. The average molecular weight is 583 g/mol. The molecule has 0 amide bonds. The minimum Gasteiger partial charge on any atom is -0.493 e. The first-order chi connectivity index (χ1) is 18.0. The number of benzene rings is 3. The molecule has 0 saturated carbocycles. The number of nitro groups is 1. The Morgan fingerprint density at radius 1 is 1.16 bits per heavy atom. The van der Waals surface area contributed by atoms with Gasteiger partial charge in [-0.1, -0.05) is 48.8 Å². The molecule has 4 rings (SSSR count). The van der Waals surface area contributed by atoms with Crippen LogP contribution in [0.2, 0.25) is 0 Å². The molecule has 0 aliphatic carbocycles. The second-order valence-corrected chi connectivity index (χ2v) is 10.4. The molecule has 38 heavy (non-hydrogen) atoms. The van der Waals surface area contributed by atoms with Crippen molar-refractivity contribution in [1.29, 1.82) is 0 Å². The van der Waals surface area contributed by atoms with Crippen LogP contribution in [0.3, 0.4) is 0 Å². The summed E-state index contributed by atoms with van der Waals surface area (Å²) in [5.41, 5.74) is 0.214. The Bertz CT molecular complexity index is 1610. The quantitative estimate of drug-likeness (QED) is 0.151. The van der Waals surface area contributed by atoms with Crippen LogP contribution >= 0.6 is 15.9 Å². The zero-order valence-corrected chi connectivity index (χ0v) is 22.7. The van der Waals surface area contributed by atoms with Gasteiger partial charge in [-0.25, -0.2) is 9.37 Å². The minimum atomic E-state index is -0.596. The summed E-state index contributed by atoms with van der Waals surface area (Å²) in [6, 6.07) is 13.6. The summed E-state index contributed by atoms with van der Waals surface area (Å²) in [4.78, 5) is 29.3. The fourth-order valence-corrected chi connectivity index (χ4v) is 4.08. The van der Waals surface area contributed by atoms with Gasteiger partial charge in [0, 0.05) is 21.5 Å². The molecule has 0 fully saturated rings. The van der Waals surface area contributed by atoms with Crippen molar-refractivity contribution in [3.63, 3.8) is 0 Å². The Kier molecular flexibility index (Phi) is 7.58. The summed E-state index contributed by atoms with van der Waals surface area (Å²) >= 11 is 3.38. The molecule has 11 heteroatoms. The van der Waals surface area contributed by atoms with Gasteiger partial charge in [-0.05, 0) is 42.0 Å². The van der Waals surface area contributed by atoms with Crippen LogP contribution in [0.15, 0.2) is 69.0 Å². The van der Waals surface area contributed by atoms with E-state index in [1.807, 2.05) is 20.8 Å². The van der Waals surface area contributed by atoms with Gasteiger partial charge in [-0.3, -0.25) is 14.9 Å². The van der Waals surface area contributed by atoms with Gasteiger partial charge >= 0.3 is 5.69 Å². The lowest BCUT2D eigenvalue weighted by Crippen LogP contribution is -2.29. The van der Waals surface area contributed by atoms with Crippen LogP contribution in [-0.4, -0.2) is 27.9 Å². The summed E-state index contributed by atoms with van der Waals surface area (Å²) < 4.78 is 26.2. The summed E-state index contributed by atoms with van der Waals surface area (Å²) in [6.07, 6.45) is 1.33. The topological polar surface area (TPSA) is 109 Å². The Morgan fingerprint density at radius 2 is 1.87 bits per heavy atom. The van der Waals surface area contributed by atoms with Crippen LogP contribution in [0.4, 0.5) is 10.1 Å². The van der Waals surface area contributed by atoms with Gasteiger partial charge in [0.2, 0.25) is 5.75 Å². The van der Waals surface area contributed by atoms with E-state index in [0.717, 1.165) is 4.47 Å². The van der Waals surface area contributed by atoms with Crippen molar-refractivity contribution in [2.75, 3.05) is 7.11 Å². The highest BCUT2D eigenvalue weighted by Crippen LogP contribution is 2.38. The Balaban J connectivity index is 1.77. The lowest BCUT2D eigenvalue weighted by atomic mass is 9.95. The van der Waals surface area contributed by atoms with Gasteiger partial charge in [-0.15, -0.1) is 0 Å². The normalized spacial score (nSPS) is 11.7. The molecule has 1 aromatic heterocycles. The van der Waals surface area contributed by atoms with E-state index in [4.69, 9.17) is 9.47 Å². The first-order valence-electron chi connectivity index (χ1n) is 11.5. The number of methoxy groups -OCH3 is 1. The number of aromatic nitrogens is 2. The van der Waals surface area contributed by atoms with E-state index < -0.39 is 16.2 Å². The number of nitrogens with zero attached hydrogens (tertiary/aromatic N) is 4. The SMILES string of the molecule is COc1cc(C=Nn2c(C(C)(C)C)nc3ccc(Br)cc3c2=O)cc([N+](=O)[O-])c1OCc1ccc(F)cc1. The molecule has 0 atom stereocenters. The predicted octanol–water partition coefficient (Wildman–Crippen LogP) is 5.97. The van der Waals surface area contributed by atoms with Gasteiger partial charge in [-0.2, -0.15) is 9.78 Å². The molecule has 0 aliphatic rings. The molecule has 3 aromatic carbocycles. The molecular formula is C27H24BrFN4O5. The average Bonchev–Trinajstić information content (AvgIpc) is 2.87. The largest absolute Gasteiger partial charge is 0.493 e. The molecule has 4 aromatic rings. The molecule has 0 aliphatic heterocycles. The van der Waals surface area contributed by atoms with Gasteiger partial charge in [0.05, 0.1) is 29.2 Å². The number of hydrogen-bond donors (Lipinski definition) is 0. The third kappa shape index (κ3) is 5.72. The number of halogens is 2. The van der Waals surface area contributed by atoms with Crippen molar-refractivity contribution in [2.24, 2.45) is 5.10 Å². The Hall–Kier alpha value is -4.12. The monoisotopic (exact) mass is 582 g/mol. The summed E-state index contributed by atoms with van der Waals surface area (Å²) in [5, 5.41) is 16.6. The number of hydrogen-bond acceptors (Lipinski definition) is 7. The molecule has 196 valence electrons. The van der Waals surface area contributed by atoms with Crippen LogP contribution in [0.1, 0.15) is 37.7 Å². The van der Waals surface area contributed by atoms with E-state index in [9.17, 15) is 19.3 Å². The van der Waals surface area contributed by atoms with Crippen molar-refractivity contribution in [3.05, 3.63) is 102 Å². The zero-order valence-electron chi connectivity index (χ0n) is 21.1. The van der Waals surface area contributed by atoms with E-state index in [-0.39, 0.29) is 29.4 Å². The molecular weight excluding hydrogens is 559 g/mol.